The normalized spacial score (nSPS) is 26.4. The number of ether oxygens (including phenoxy) is 1. The van der Waals surface area contributed by atoms with Crippen LogP contribution in [0.25, 0.3) is 0 Å². The molecule has 18 heavy (non-hydrogen) atoms. The van der Waals surface area contributed by atoms with Gasteiger partial charge in [-0.05, 0) is 32.4 Å². The fourth-order valence-electron chi connectivity index (χ4n) is 2.65. The highest BCUT2D eigenvalue weighted by Gasteiger charge is 2.48. The second-order valence-corrected chi connectivity index (χ2v) is 5.62. The number of amides is 1. The number of rotatable bonds is 4. The lowest BCUT2D eigenvalue weighted by atomic mass is 9.86. The molecule has 2 aliphatic heterocycles. The molecule has 5 heteroatoms. The Labute approximate surface area is 108 Å². The molecule has 2 aliphatic rings. The minimum Gasteiger partial charge on any atom is -0.377 e. The fourth-order valence-corrected chi connectivity index (χ4v) is 2.65. The molecule has 2 heterocycles. The molecular formula is C13H21N3O2. The summed E-state index contributed by atoms with van der Waals surface area (Å²) in [5.74, 6) is 0.600. The van der Waals surface area contributed by atoms with E-state index in [0.717, 1.165) is 26.1 Å². The lowest BCUT2D eigenvalue weighted by Gasteiger charge is -2.36. The molecule has 0 aromatic rings. The second-order valence-electron chi connectivity index (χ2n) is 5.62. The first kappa shape index (κ1) is 13.3. The number of hydrogen-bond donors (Lipinski definition) is 0. The average Bonchev–Trinajstić information content (AvgIpc) is 2.71. The molecule has 2 saturated heterocycles. The largest absolute Gasteiger partial charge is 0.377 e. The summed E-state index contributed by atoms with van der Waals surface area (Å²) in [4.78, 5) is 16.2. The van der Waals surface area contributed by atoms with E-state index < -0.39 is 5.41 Å². The van der Waals surface area contributed by atoms with Crippen LogP contribution in [0.1, 0.15) is 12.8 Å². The molecule has 2 fully saturated rings. The predicted octanol–water partition coefficient (Wildman–Crippen LogP) is 0.327. The Morgan fingerprint density at radius 3 is 2.78 bits per heavy atom. The first-order chi connectivity index (χ1) is 8.57. The summed E-state index contributed by atoms with van der Waals surface area (Å²) in [7, 11) is 3.92. The molecule has 1 atom stereocenters. The minimum absolute atomic E-state index is 0.0809. The van der Waals surface area contributed by atoms with Crippen molar-refractivity contribution >= 4 is 5.91 Å². The zero-order valence-electron chi connectivity index (χ0n) is 11.2. The Morgan fingerprint density at radius 2 is 2.33 bits per heavy atom. The number of carbonyl (C=O) groups is 1. The standard InChI is InChI=1S/C13H21N3O2/c1-15-5-3-11(7-15)4-6-16(2)12(17)13(8-14)9-18-10-13/h11H,3-7,9-10H2,1-2H3. The SMILES string of the molecule is CN1CCC(CCN(C)C(=O)C2(C#N)COC2)C1. The van der Waals surface area contributed by atoms with Crippen molar-refractivity contribution in [3.05, 3.63) is 0 Å². The quantitative estimate of drug-likeness (QED) is 0.722. The molecule has 0 N–H and O–H groups in total. The number of carbonyl (C=O) groups excluding carboxylic acids is 1. The molecule has 0 radical (unpaired) electrons. The van der Waals surface area contributed by atoms with Gasteiger partial charge in [-0.25, -0.2) is 0 Å². The molecule has 0 saturated carbocycles. The van der Waals surface area contributed by atoms with Gasteiger partial charge >= 0.3 is 0 Å². The zero-order chi connectivity index (χ0) is 13.2. The Morgan fingerprint density at radius 1 is 1.61 bits per heavy atom. The summed E-state index contributed by atoms with van der Waals surface area (Å²) in [6.07, 6.45) is 2.24. The third kappa shape index (κ3) is 2.50. The number of likely N-dealkylation sites (tertiary alicyclic amines) is 1. The van der Waals surface area contributed by atoms with Crippen LogP contribution in [-0.4, -0.2) is 62.7 Å². The van der Waals surface area contributed by atoms with Gasteiger partial charge in [-0.2, -0.15) is 5.26 Å². The highest BCUT2D eigenvalue weighted by Crippen LogP contribution is 2.29. The minimum atomic E-state index is -0.902. The van der Waals surface area contributed by atoms with Gasteiger partial charge in [0.25, 0.3) is 0 Å². The lowest BCUT2D eigenvalue weighted by Crippen LogP contribution is -2.53. The number of nitrogens with zero attached hydrogens (tertiary/aromatic N) is 3. The number of nitriles is 1. The molecule has 0 aromatic heterocycles. The van der Waals surface area contributed by atoms with Crippen LogP contribution < -0.4 is 0 Å². The van der Waals surface area contributed by atoms with Gasteiger partial charge in [-0.1, -0.05) is 0 Å². The third-order valence-electron chi connectivity index (χ3n) is 4.03. The molecule has 0 aliphatic carbocycles. The van der Waals surface area contributed by atoms with Gasteiger partial charge in [0.05, 0.1) is 19.3 Å². The molecular weight excluding hydrogens is 230 g/mol. The Bertz CT molecular complexity index is 360. The highest BCUT2D eigenvalue weighted by molar-refractivity contribution is 5.86. The van der Waals surface area contributed by atoms with E-state index in [2.05, 4.69) is 18.0 Å². The van der Waals surface area contributed by atoms with E-state index in [4.69, 9.17) is 10.00 Å². The van der Waals surface area contributed by atoms with Crippen molar-refractivity contribution in [1.29, 1.82) is 5.26 Å². The van der Waals surface area contributed by atoms with Crippen molar-refractivity contribution in [1.82, 2.24) is 9.80 Å². The Kier molecular flexibility index (Phi) is 3.88. The average molecular weight is 251 g/mol. The monoisotopic (exact) mass is 251 g/mol. The maximum absolute atomic E-state index is 12.2. The summed E-state index contributed by atoms with van der Waals surface area (Å²) < 4.78 is 5.02. The molecule has 2 rings (SSSR count). The van der Waals surface area contributed by atoms with Gasteiger partial charge in [0.1, 0.15) is 0 Å². The first-order valence-corrected chi connectivity index (χ1v) is 6.50. The molecule has 0 spiro atoms. The molecule has 0 aromatic carbocycles. The second kappa shape index (κ2) is 5.25. The van der Waals surface area contributed by atoms with Gasteiger partial charge in [0, 0.05) is 20.1 Å². The topological polar surface area (TPSA) is 56.6 Å². The van der Waals surface area contributed by atoms with Crippen molar-refractivity contribution in [2.75, 3.05) is 46.9 Å². The summed E-state index contributed by atoms with van der Waals surface area (Å²) >= 11 is 0. The van der Waals surface area contributed by atoms with Crippen molar-refractivity contribution in [2.45, 2.75) is 12.8 Å². The van der Waals surface area contributed by atoms with E-state index in [1.165, 1.54) is 6.42 Å². The lowest BCUT2D eigenvalue weighted by molar-refractivity contribution is -0.160. The molecule has 5 nitrogen and oxygen atoms in total. The van der Waals surface area contributed by atoms with Crippen LogP contribution in [0, 0.1) is 22.7 Å². The van der Waals surface area contributed by atoms with Crippen LogP contribution in [0.2, 0.25) is 0 Å². The maximum Gasteiger partial charge on any atom is 0.247 e. The number of hydrogen-bond acceptors (Lipinski definition) is 4. The van der Waals surface area contributed by atoms with E-state index in [1.54, 1.807) is 11.9 Å². The molecule has 100 valence electrons. The van der Waals surface area contributed by atoms with Crippen molar-refractivity contribution in [3.8, 4) is 6.07 Å². The smallest absolute Gasteiger partial charge is 0.247 e. The Hall–Kier alpha value is -1.12. The van der Waals surface area contributed by atoms with Crippen LogP contribution >= 0.6 is 0 Å². The van der Waals surface area contributed by atoms with Crippen LogP contribution in [0.15, 0.2) is 0 Å². The van der Waals surface area contributed by atoms with Crippen LogP contribution in [-0.2, 0) is 9.53 Å². The maximum atomic E-state index is 12.2. The van der Waals surface area contributed by atoms with E-state index >= 15 is 0 Å². The molecule has 1 amide bonds. The van der Waals surface area contributed by atoms with E-state index in [-0.39, 0.29) is 19.1 Å². The van der Waals surface area contributed by atoms with Gasteiger partial charge < -0.3 is 14.5 Å². The summed E-state index contributed by atoms with van der Waals surface area (Å²) in [6.45, 7) is 3.51. The summed E-state index contributed by atoms with van der Waals surface area (Å²) in [5, 5.41) is 9.09. The van der Waals surface area contributed by atoms with Gasteiger partial charge in [0.15, 0.2) is 5.41 Å². The fraction of sp³-hybridized carbons (Fsp3) is 0.846. The third-order valence-corrected chi connectivity index (χ3v) is 4.03. The van der Waals surface area contributed by atoms with Crippen LogP contribution in [0.4, 0.5) is 0 Å². The van der Waals surface area contributed by atoms with Crippen LogP contribution in [0.5, 0.6) is 0 Å². The van der Waals surface area contributed by atoms with E-state index in [0.29, 0.717) is 5.92 Å². The van der Waals surface area contributed by atoms with E-state index in [9.17, 15) is 4.79 Å². The van der Waals surface area contributed by atoms with Crippen LogP contribution in [0.3, 0.4) is 0 Å². The van der Waals surface area contributed by atoms with E-state index in [1.807, 2.05) is 0 Å². The molecule has 0 bridgehead atoms. The van der Waals surface area contributed by atoms with Crippen molar-refractivity contribution in [2.24, 2.45) is 11.3 Å². The van der Waals surface area contributed by atoms with Gasteiger partial charge in [0.2, 0.25) is 5.91 Å². The molecule has 1 unspecified atom stereocenters. The summed E-state index contributed by atoms with van der Waals surface area (Å²) in [5.41, 5.74) is -0.902. The van der Waals surface area contributed by atoms with Gasteiger partial charge in [-0.15, -0.1) is 0 Å². The first-order valence-electron chi connectivity index (χ1n) is 6.50. The summed E-state index contributed by atoms with van der Waals surface area (Å²) in [6, 6.07) is 2.11. The van der Waals surface area contributed by atoms with Gasteiger partial charge in [-0.3, -0.25) is 4.79 Å². The Balaban J connectivity index is 1.79. The predicted molar refractivity (Wildman–Crippen MR) is 66.7 cm³/mol. The zero-order valence-corrected chi connectivity index (χ0v) is 11.2. The van der Waals surface area contributed by atoms with Crippen molar-refractivity contribution in [3.63, 3.8) is 0 Å². The van der Waals surface area contributed by atoms with Crippen molar-refractivity contribution < 1.29 is 9.53 Å². The highest BCUT2D eigenvalue weighted by atomic mass is 16.5.